The highest BCUT2D eigenvalue weighted by molar-refractivity contribution is 6.08. The summed E-state index contributed by atoms with van der Waals surface area (Å²) in [5.41, 5.74) is 1.88. The van der Waals surface area contributed by atoms with Crippen LogP contribution in [0.1, 0.15) is 32.2 Å². The van der Waals surface area contributed by atoms with E-state index in [1.54, 1.807) is 48.4 Å². The molecule has 0 spiro atoms. The number of furan rings is 1. The number of rotatable bonds is 7. The highest BCUT2D eigenvalue weighted by Gasteiger charge is 2.19. The minimum atomic E-state index is -0.408. The van der Waals surface area contributed by atoms with Gasteiger partial charge in [0.15, 0.2) is 5.69 Å². The summed E-state index contributed by atoms with van der Waals surface area (Å²) >= 11 is 0. The molecule has 0 bridgehead atoms. The predicted octanol–water partition coefficient (Wildman–Crippen LogP) is 2.44. The number of nitrogens with zero attached hydrogens (tertiary/aromatic N) is 4. The van der Waals surface area contributed by atoms with Crippen molar-refractivity contribution in [2.24, 2.45) is 7.05 Å². The van der Waals surface area contributed by atoms with Gasteiger partial charge in [-0.3, -0.25) is 19.0 Å². The van der Waals surface area contributed by atoms with Crippen molar-refractivity contribution in [1.82, 2.24) is 24.9 Å². The van der Waals surface area contributed by atoms with Gasteiger partial charge in [-0.15, -0.1) is 0 Å². The number of amides is 2. The molecule has 0 unspecified atom stereocenters. The third-order valence-corrected chi connectivity index (χ3v) is 4.39. The summed E-state index contributed by atoms with van der Waals surface area (Å²) < 4.78 is 8.47. The molecule has 0 saturated carbocycles. The number of nitrogens with one attached hydrogen (secondary N) is 2. The maximum Gasteiger partial charge on any atom is 0.274 e. The Hall–Kier alpha value is -4.14. The van der Waals surface area contributed by atoms with Gasteiger partial charge >= 0.3 is 0 Å². The Morgan fingerprint density at radius 1 is 1.13 bits per heavy atom. The minimum Gasteiger partial charge on any atom is -0.467 e. The van der Waals surface area contributed by atoms with Crippen molar-refractivity contribution in [3.63, 3.8) is 0 Å². The molecule has 0 atom stereocenters. The van der Waals surface area contributed by atoms with Gasteiger partial charge in [-0.25, -0.2) is 0 Å². The van der Waals surface area contributed by atoms with Crippen LogP contribution in [0.4, 0.5) is 5.69 Å². The van der Waals surface area contributed by atoms with E-state index >= 15 is 0 Å². The average Bonchev–Trinajstić information content (AvgIpc) is 3.49. The van der Waals surface area contributed by atoms with Crippen molar-refractivity contribution >= 4 is 17.5 Å². The highest BCUT2D eigenvalue weighted by atomic mass is 16.3. The first-order valence-corrected chi connectivity index (χ1v) is 9.30. The number of carbonyl (C=O) groups excluding carboxylic acids is 2. The molecule has 4 aromatic rings. The van der Waals surface area contributed by atoms with Crippen LogP contribution in [0.15, 0.2) is 71.7 Å². The summed E-state index contributed by atoms with van der Waals surface area (Å²) in [5.74, 6) is -0.112. The molecule has 9 nitrogen and oxygen atoms in total. The normalized spacial score (nSPS) is 10.7. The molecule has 0 aliphatic carbocycles. The average molecular weight is 404 g/mol. The van der Waals surface area contributed by atoms with Gasteiger partial charge in [-0.05, 0) is 35.9 Å². The lowest BCUT2D eigenvalue weighted by Gasteiger charge is -2.08. The number of anilines is 1. The van der Waals surface area contributed by atoms with E-state index in [0.29, 0.717) is 23.6 Å². The summed E-state index contributed by atoms with van der Waals surface area (Å²) in [7, 11) is 1.68. The van der Waals surface area contributed by atoms with E-state index in [4.69, 9.17) is 4.42 Å². The van der Waals surface area contributed by atoms with Crippen LogP contribution in [0, 0.1) is 0 Å². The van der Waals surface area contributed by atoms with Crippen LogP contribution in [0.25, 0.3) is 0 Å². The summed E-state index contributed by atoms with van der Waals surface area (Å²) in [4.78, 5) is 25.3. The summed E-state index contributed by atoms with van der Waals surface area (Å²) in [5, 5.41) is 13.9. The maximum absolute atomic E-state index is 12.8. The minimum absolute atomic E-state index is 0.130. The van der Waals surface area contributed by atoms with E-state index in [-0.39, 0.29) is 18.1 Å². The van der Waals surface area contributed by atoms with E-state index in [1.807, 2.05) is 24.4 Å². The van der Waals surface area contributed by atoms with Crippen LogP contribution >= 0.6 is 0 Å². The number of benzene rings is 1. The third kappa shape index (κ3) is 4.46. The van der Waals surface area contributed by atoms with Crippen LogP contribution in [-0.4, -0.2) is 31.4 Å². The smallest absolute Gasteiger partial charge is 0.274 e. The van der Waals surface area contributed by atoms with Crippen LogP contribution in [-0.2, 0) is 20.1 Å². The Morgan fingerprint density at radius 3 is 2.80 bits per heavy atom. The zero-order valence-corrected chi connectivity index (χ0v) is 16.3. The second-order valence-electron chi connectivity index (χ2n) is 6.69. The lowest BCUT2D eigenvalue weighted by molar-refractivity contribution is 0.0943. The van der Waals surface area contributed by atoms with Gasteiger partial charge in [-0.1, -0.05) is 12.1 Å². The number of aromatic nitrogens is 4. The molecule has 2 N–H and O–H groups in total. The standard InChI is InChI=1S/C21H20N6O3/c1-26-14-18(19(25-26)21(29)22-12-17-7-3-10-30-17)24-20(28)16-6-2-5-15(11-16)13-27-9-4-8-23-27/h2-11,14H,12-13H2,1H3,(H,22,29)(H,24,28). The van der Waals surface area contributed by atoms with Gasteiger partial charge in [0.1, 0.15) is 5.76 Å². The SMILES string of the molecule is Cn1cc(NC(=O)c2cccc(Cn3cccn3)c2)c(C(=O)NCc2ccco2)n1. The van der Waals surface area contributed by atoms with Gasteiger partial charge in [0, 0.05) is 31.2 Å². The van der Waals surface area contributed by atoms with E-state index in [1.165, 1.54) is 10.9 Å². The molecule has 1 aromatic carbocycles. The third-order valence-electron chi connectivity index (χ3n) is 4.39. The molecular formula is C21H20N6O3. The first-order valence-electron chi connectivity index (χ1n) is 9.30. The molecule has 0 radical (unpaired) electrons. The largest absolute Gasteiger partial charge is 0.467 e. The van der Waals surface area contributed by atoms with Gasteiger partial charge in [-0.2, -0.15) is 10.2 Å². The zero-order valence-electron chi connectivity index (χ0n) is 16.3. The Morgan fingerprint density at radius 2 is 2.03 bits per heavy atom. The fourth-order valence-electron chi connectivity index (χ4n) is 3.00. The summed E-state index contributed by atoms with van der Waals surface area (Å²) in [6.07, 6.45) is 6.69. The summed E-state index contributed by atoms with van der Waals surface area (Å²) in [6.45, 7) is 0.784. The molecule has 2 amide bonds. The lowest BCUT2D eigenvalue weighted by Crippen LogP contribution is -2.25. The second kappa shape index (κ2) is 8.48. The van der Waals surface area contributed by atoms with Crippen LogP contribution < -0.4 is 10.6 Å². The quantitative estimate of drug-likeness (QED) is 0.492. The van der Waals surface area contributed by atoms with Crippen molar-refractivity contribution < 1.29 is 14.0 Å². The summed E-state index contributed by atoms with van der Waals surface area (Å²) in [6, 6.07) is 12.6. The Labute approximate surface area is 172 Å². The fourth-order valence-corrected chi connectivity index (χ4v) is 3.00. The lowest BCUT2D eigenvalue weighted by atomic mass is 10.1. The molecule has 3 heterocycles. The van der Waals surface area contributed by atoms with Gasteiger partial charge < -0.3 is 15.1 Å². The predicted molar refractivity (Wildman–Crippen MR) is 109 cm³/mol. The molecule has 0 fully saturated rings. The fraction of sp³-hybridized carbons (Fsp3) is 0.143. The van der Waals surface area contributed by atoms with E-state index < -0.39 is 5.91 Å². The molecule has 9 heteroatoms. The highest BCUT2D eigenvalue weighted by Crippen LogP contribution is 2.16. The van der Waals surface area contributed by atoms with Crippen molar-refractivity contribution in [3.05, 3.63) is 89.9 Å². The zero-order chi connectivity index (χ0) is 20.9. The van der Waals surface area contributed by atoms with Crippen LogP contribution in [0.5, 0.6) is 0 Å². The van der Waals surface area contributed by atoms with Crippen molar-refractivity contribution in [2.45, 2.75) is 13.1 Å². The van der Waals surface area contributed by atoms with E-state index in [2.05, 4.69) is 20.8 Å². The molecule has 0 aliphatic rings. The number of hydrogen-bond donors (Lipinski definition) is 2. The molecule has 0 aliphatic heterocycles. The Kier molecular flexibility index (Phi) is 5.42. The topological polar surface area (TPSA) is 107 Å². The monoisotopic (exact) mass is 404 g/mol. The molecule has 0 saturated heterocycles. The number of aryl methyl sites for hydroxylation is 1. The van der Waals surface area contributed by atoms with E-state index in [9.17, 15) is 9.59 Å². The van der Waals surface area contributed by atoms with Gasteiger partial charge in [0.05, 0.1) is 25.0 Å². The molecule has 3 aromatic heterocycles. The second-order valence-corrected chi connectivity index (χ2v) is 6.69. The van der Waals surface area contributed by atoms with Gasteiger partial charge in [0.2, 0.25) is 0 Å². The maximum atomic E-state index is 12.8. The van der Waals surface area contributed by atoms with Gasteiger partial charge in [0.25, 0.3) is 11.8 Å². The number of hydrogen-bond acceptors (Lipinski definition) is 5. The Bertz CT molecular complexity index is 1150. The van der Waals surface area contributed by atoms with Crippen LogP contribution in [0.3, 0.4) is 0 Å². The van der Waals surface area contributed by atoms with Crippen molar-refractivity contribution in [2.75, 3.05) is 5.32 Å². The molecular weight excluding hydrogens is 384 g/mol. The molecule has 30 heavy (non-hydrogen) atoms. The Balaban J connectivity index is 1.46. The first kappa shape index (κ1) is 19.2. The van der Waals surface area contributed by atoms with Crippen LogP contribution in [0.2, 0.25) is 0 Å². The number of carbonyl (C=O) groups is 2. The van der Waals surface area contributed by atoms with E-state index in [0.717, 1.165) is 5.56 Å². The molecule has 152 valence electrons. The van der Waals surface area contributed by atoms with Crippen molar-refractivity contribution in [3.8, 4) is 0 Å². The molecule has 4 rings (SSSR count). The van der Waals surface area contributed by atoms with Crippen molar-refractivity contribution in [1.29, 1.82) is 0 Å². The first-order chi connectivity index (χ1) is 14.6.